The summed E-state index contributed by atoms with van der Waals surface area (Å²) in [5, 5.41) is 18.5. The zero-order valence-corrected chi connectivity index (χ0v) is 35.2. The second-order valence-corrected chi connectivity index (χ2v) is 16.8. The Morgan fingerprint density at radius 1 is 0.409 bits per heavy atom. The van der Waals surface area contributed by atoms with Gasteiger partial charge in [-0.1, -0.05) is 121 Å². The van der Waals surface area contributed by atoms with E-state index in [0.717, 1.165) is 105 Å². The van der Waals surface area contributed by atoms with Crippen molar-refractivity contribution in [3.05, 3.63) is 212 Å². The van der Waals surface area contributed by atoms with Crippen molar-refractivity contribution in [1.29, 1.82) is 5.26 Å². The number of benzene rings is 9. The molecule has 0 bridgehead atoms. The molecule has 0 aliphatic rings. The van der Waals surface area contributed by atoms with Crippen LogP contribution in [0.15, 0.2) is 211 Å². The lowest BCUT2D eigenvalue weighted by atomic mass is 10.0. The molecule has 5 aromatic heterocycles. The molecule has 0 fully saturated rings. The average molecular weight is 843 g/mol. The SMILES string of the molecule is N#Cc1ccc(-c2nc(-c3ccccc3)cc(-n3c4ccccc4c4c5c(c6ccccc6n5-c5ccccc5)c5oc6cc(-n7c8ccccc8c8ccccc87)ccc6c5c43)n2)cc1. The Morgan fingerprint density at radius 3 is 1.62 bits per heavy atom. The molecule has 9 aromatic carbocycles. The number of aromatic nitrogens is 5. The van der Waals surface area contributed by atoms with E-state index in [4.69, 9.17) is 14.4 Å². The first kappa shape index (κ1) is 36.3. The summed E-state index contributed by atoms with van der Waals surface area (Å²) in [5.74, 6) is 1.28. The van der Waals surface area contributed by atoms with Gasteiger partial charge in [-0.2, -0.15) is 5.26 Å². The Bertz CT molecular complexity index is 4280. The quantitative estimate of drug-likeness (QED) is 0.173. The highest BCUT2D eigenvalue weighted by molar-refractivity contribution is 6.39. The van der Waals surface area contributed by atoms with Crippen molar-refractivity contribution in [3.63, 3.8) is 0 Å². The minimum atomic E-state index is 0.561. The number of nitrogens with zero attached hydrogens (tertiary/aromatic N) is 6. The van der Waals surface area contributed by atoms with Crippen LogP contribution in [0.3, 0.4) is 0 Å². The van der Waals surface area contributed by atoms with Crippen LogP contribution in [0, 0.1) is 11.3 Å². The highest BCUT2D eigenvalue weighted by Gasteiger charge is 2.29. The molecule has 5 heterocycles. The van der Waals surface area contributed by atoms with Gasteiger partial charge >= 0.3 is 0 Å². The van der Waals surface area contributed by atoms with E-state index in [-0.39, 0.29) is 0 Å². The maximum absolute atomic E-state index is 9.67. The minimum absolute atomic E-state index is 0.561. The average Bonchev–Trinajstić information content (AvgIpc) is 4.13. The van der Waals surface area contributed by atoms with E-state index in [1.165, 1.54) is 10.8 Å². The van der Waals surface area contributed by atoms with Gasteiger partial charge in [0.15, 0.2) is 5.82 Å². The van der Waals surface area contributed by atoms with E-state index in [9.17, 15) is 5.26 Å². The highest BCUT2D eigenvalue weighted by atomic mass is 16.3. The number of para-hydroxylation sites is 5. The molecule has 0 amide bonds. The molecule has 306 valence electrons. The Hall–Kier alpha value is -9.25. The molecule has 0 N–H and O–H groups in total. The molecule has 7 heteroatoms. The minimum Gasteiger partial charge on any atom is -0.455 e. The summed E-state index contributed by atoms with van der Waals surface area (Å²) in [6.45, 7) is 0. The van der Waals surface area contributed by atoms with Crippen LogP contribution in [-0.4, -0.2) is 23.7 Å². The molecule has 14 rings (SSSR count). The molecule has 7 nitrogen and oxygen atoms in total. The fraction of sp³-hybridized carbons (Fsp3) is 0. The summed E-state index contributed by atoms with van der Waals surface area (Å²) in [6, 6.07) is 73.9. The zero-order chi connectivity index (χ0) is 43.5. The summed E-state index contributed by atoms with van der Waals surface area (Å²) in [6.07, 6.45) is 0. The first-order valence-corrected chi connectivity index (χ1v) is 22.1. The topological polar surface area (TPSA) is 77.5 Å². The largest absolute Gasteiger partial charge is 0.455 e. The summed E-state index contributed by atoms with van der Waals surface area (Å²) >= 11 is 0. The van der Waals surface area contributed by atoms with Crippen LogP contribution in [0.1, 0.15) is 5.56 Å². The molecule has 66 heavy (non-hydrogen) atoms. The van der Waals surface area contributed by atoms with Crippen LogP contribution in [-0.2, 0) is 0 Å². The monoisotopic (exact) mass is 842 g/mol. The van der Waals surface area contributed by atoms with Crippen LogP contribution in [0.2, 0.25) is 0 Å². The van der Waals surface area contributed by atoms with Gasteiger partial charge in [-0.05, 0) is 72.8 Å². The fourth-order valence-electron chi connectivity index (χ4n) is 10.5. The highest BCUT2D eigenvalue weighted by Crippen LogP contribution is 2.50. The Morgan fingerprint density at radius 2 is 0.955 bits per heavy atom. The van der Waals surface area contributed by atoms with Gasteiger partial charge in [-0.15, -0.1) is 0 Å². The van der Waals surface area contributed by atoms with Crippen molar-refractivity contribution in [1.82, 2.24) is 23.7 Å². The predicted molar refractivity (Wildman–Crippen MR) is 268 cm³/mol. The number of hydrogen-bond acceptors (Lipinski definition) is 4. The first-order valence-electron chi connectivity index (χ1n) is 22.1. The third kappa shape index (κ3) is 5.12. The van der Waals surface area contributed by atoms with Crippen molar-refractivity contribution in [2.24, 2.45) is 0 Å². The summed E-state index contributed by atoms with van der Waals surface area (Å²) in [5.41, 5.74) is 13.3. The maximum atomic E-state index is 9.67. The summed E-state index contributed by atoms with van der Waals surface area (Å²) < 4.78 is 14.5. The lowest BCUT2D eigenvalue weighted by molar-refractivity contribution is 0.673. The van der Waals surface area contributed by atoms with E-state index in [0.29, 0.717) is 17.2 Å². The Labute approximate surface area is 376 Å². The van der Waals surface area contributed by atoms with Gasteiger partial charge in [0.1, 0.15) is 17.0 Å². The number of nitriles is 1. The molecule has 0 aliphatic carbocycles. The molecular formula is C59H34N6O. The smallest absolute Gasteiger partial charge is 0.162 e. The van der Waals surface area contributed by atoms with Gasteiger partial charge < -0.3 is 13.6 Å². The molecule has 0 saturated carbocycles. The van der Waals surface area contributed by atoms with Crippen LogP contribution in [0.5, 0.6) is 0 Å². The van der Waals surface area contributed by atoms with Gasteiger partial charge in [0, 0.05) is 67.0 Å². The van der Waals surface area contributed by atoms with E-state index < -0.39 is 0 Å². The lowest BCUT2D eigenvalue weighted by Gasteiger charge is -2.13. The van der Waals surface area contributed by atoms with Gasteiger partial charge in [0.25, 0.3) is 0 Å². The standard InChI is InChI=1S/C59H34N6O/c60-35-36-27-29-38(30-28-36)59-61-46(37-15-3-1-4-16-37)34-52(62-59)65-50-26-14-9-21-43(50)53-56-54(44-22-10-13-25-49(44)64(56)39-17-5-2-6-18-39)58-55(57(53)65)45-32-31-40(33-51(45)66-58)63-47-23-11-7-19-41(47)42-20-8-12-24-48(42)63/h1-34H. The van der Waals surface area contributed by atoms with Crippen molar-refractivity contribution >= 4 is 87.4 Å². The number of fused-ring (bicyclic) bond motifs is 15. The Balaban J connectivity index is 1.18. The molecule has 0 atom stereocenters. The molecule has 0 saturated heterocycles. The lowest BCUT2D eigenvalue weighted by Crippen LogP contribution is -2.03. The molecule has 0 spiro atoms. The van der Waals surface area contributed by atoms with Crippen LogP contribution >= 0.6 is 0 Å². The van der Waals surface area contributed by atoms with E-state index in [1.807, 2.05) is 42.5 Å². The van der Waals surface area contributed by atoms with Gasteiger partial charge in [0.05, 0.1) is 61.2 Å². The van der Waals surface area contributed by atoms with Crippen LogP contribution < -0.4 is 0 Å². The van der Waals surface area contributed by atoms with E-state index >= 15 is 0 Å². The Kier molecular flexibility index (Phi) is 7.62. The molecular weight excluding hydrogens is 809 g/mol. The molecule has 0 unspecified atom stereocenters. The maximum Gasteiger partial charge on any atom is 0.162 e. The third-order valence-electron chi connectivity index (χ3n) is 13.3. The van der Waals surface area contributed by atoms with E-state index in [2.05, 4.69) is 184 Å². The van der Waals surface area contributed by atoms with Gasteiger partial charge in [-0.25, -0.2) is 9.97 Å². The van der Waals surface area contributed by atoms with Crippen molar-refractivity contribution in [2.75, 3.05) is 0 Å². The third-order valence-corrected chi connectivity index (χ3v) is 13.3. The van der Waals surface area contributed by atoms with Gasteiger partial charge in [-0.3, -0.25) is 4.57 Å². The molecule has 14 aromatic rings. The van der Waals surface area contributed by atoms with Crippen molar-refractivity contribution in [2.45, 2.75) is 0 Å². The number of rotatable bonds is 5. The normalized spacial score (nSPS) is 11.9. The second-order valence-electron chi connectivity index (χ2n) is 16.8. The summed E-state index contributed by atoms with van der Waals surface area (Å²) in [4.78, 5) is 10.6. The van der Waals surface area contributed by atoms with Crippen molar-refractivity contribution < 1.29 is 4.42 Å². The second kappa shape index (κ2) is 13.9. The number of hydrogen-bond donors (Lipinski definition) is 0. The fourth-order valence-corrected chi connectivity index (χ4v) is 10.5. The first-order chi connectivity index (χ1) is 32.7. The predicted octanol–water partition coefficient (Wildman–Crippen LogP) is 14.9. The number of furan rings is 1. The zero-order valence-electron chi connectivity index (χ0n) is 35.2. The van der Waals surface area contributed by atoms with Crippen LogP contribution in [0.25, 0.3) is 127 Å². The van der Waals surface area contributed by atoms with E-state index in [1.54, 1.807) is 0 Å². The van der Waals surface area contributed by atoms with Crippen LogP contribution in [0.4, 0.5) is 0 Å². The molecule has 0 aliphatic heterocycles. The van der Waals surface area contributed by atoms with Gasteiger partial charge in [0.2, 0.25) is 0 Å². The molecule has 0 radical (unpaired) electrons. The van der Waals surface area contributed by atoms with Crippen molar-refractivity contribution in [3.8, 4) is 45.9 Å². The summed E-state index contributed by atoms with van der Waals surface area (Å²) in [7, 11) is 0.